The predicted octanol–water partition coefficient (Wildman–Crippen LogP) is 5.58. The highest BCUT2D eigenvalue weighted by Gasteiger charge is 2.47. The van der Waals surface area contributed by atoms with Crippen LogP contribution in [0.25, 0.3) is 0 Å². The van der Waals surface area contributed by atoms with E-state index < -0.39 is 0 Å². The van der Waals surface area contributed by atoms with Crippen LogP contribution in [0.1, 0.15) is 104 Å². The van der Waals surface area contributed by atoms with Gasteiger partial charge in [0.25, 0.3) is 0 Å². The molecule has 3 saturated heterocycles. The second-order valence-electron chi connectivity index (χ2n) is 9.68. The normalized spacial score (nSPS) is 32.3. The lowest BCUT2D eigenvalue weighted by Crippen LogP contribution is -2.32. The van der Waals surface area contributed by atoms with E-state index in [9.17, 15) is 4.79 Å². The summed E-state index contributed by atoms with van der Waals surface area (Å²) in [6, 6.07) is 0. The lowest BCUT2D eigenvalue weighted by atomic mass is 10.0. The van der Waals surface area contributed by atoms with E-state index in [0.717, 1.165) is 12.8 Å². The van der Waals surface area contributed by atoms with E-state index in [-0.39, 0.29) is 24.3 Å². The first-order valence-electron chi connectivity index (χ1n) is 12.8. The molecule has 0 spiro atoms. The summed E-state index contributed by atoms with van der Waals surface area (Å²) in [5.74, 6) is 0.293. The Morgan fingerprint density at radius 2 is 1.40 bits per heavy atom. The molecule has 3 fully saturated rings. The largest absolute Gasteiger partial charge is 0.457 e. The van der Waals surface area contributed by atoms with Gasteiger partial charge in [0.2, 0.25) is 0 Å². The molecule has 0 aliphatic carbocycles. The molecule has 0 aromatic rings. The van der Waals surface area contributed by atoms with Crippen LogP contribution in [0.3, 0.4) is 0 Å². The van der Waals surface area contributed by atoms with Crippen molar-refractivity contribution in [2.24, 2.45) is 5.92 Å². The first-order valence-corrected chi connectivity index (χ1v) is 12.8. The number of rotatable bonds is 16. The molecule has 0 aromatic heterocycles. The predicted molar refractivity (Wildman–Crippen MR) is 117 cm³/mol. The molecule has 3 aliphatic heterocycles. The summed E-state index contributed by atoms with van der Waals surface area (Å²) in [5, 5.41) is 0. The Kier molecular flexibility index (Phi) is 10.4. The Balaban J connectivity index is 1.09. The zero-order chi connectivity index (χ0) is 21.2. The van der Waals surface area contributed by atoms with Crippen LogP contribution in [-0.4, -0.2) is 49.7 Å². The van der Waals surface area contributed by atoms with E-state index in [1.54, 1.807) is 0 Å². The number of hydrogen-bond donors (Lipinski definition) is 0. The molecule has 3 rings (SSSR count). The average Bonchev–Trinajstić information content (AvgIpc) is 3.19. The third-order valence-electron chi connectivity index (χ3n) is 6.94. The molecule has 0 bridgehead atoms. The van der Waals surface area contributed by atoms with Gasteiger partial charge < -0.3 is 18.9 Å². The average molecular weight is 425 g/mol. The van der Waals surface area contributed by atoms with Crippen molar-refractivity contribution < 1.29 is 23.7 Å². The van der Waals surface area contributed by atoms with Gasteiger partial charge in [0.15, 0.2) is 6.10 Å². The quantitative estimate of drug-likeness (QED) is 0.184. The molecule has 3 heterocycles. The summed E-state index contributed by atoms with van der Waals surface area (Å²) in [7, 11) is 0. The van der Waals surface area contributed by atoms with E-state index in [2.05, 4.69) is 13.8 Å². The van der Waals surface area contributed by atoms with Crippen molar-refractivity contribution in [1.82, 2.24) is 0 Å². The molecule has 0 saturated carbocycles. The van der Waals surface area contributed by atoms with Crippen LogP contribution in [0.5, 0.6) is 0 Å². The van der Waals surface area contributed by atoms with Crippen LogP contribution in [0.2, 0.25) is 0 Å². The smallest absolute Gasteiger partial charge is 0.306 e. The zero-order valence-corrected chi connectivity index (χ0v) is 19.3. The van der Waals surface area contributed by atoms with Gasteiger partial charge in [0, 0.05) is 12.3 Å². The summed E-state index contributed by atoms with van der Waals surface area (Å²) in [5.41, 5.74) is 0. The van der Waals surface area contributed by atoms with Gasteiger partial charge in [-0.1, -0.05) is 78.1 Å². The highest BCUT2D eigenvalue weighted by Crippen LogP contribution is 2.33. The highest BCUT2D eigenvalue weighted by molar-refractivity contribution is 5.69. The highest BCUT2D eigenvalue weighted by atomic mass is 16.6. The van der Waals surface area contributed by atoms with Crippen molar-refractivity contribution >= 4 is 5.97 Å². The molecule has 6 unspecified atom stereocenters. The number of esters is 1. The second kappa shape index (κ2) is 13.0. The van der Waals surface area contributed by atoms with Crippen LogP contribution in [0.4, 0.5) is 0 Å². The zero-order valence-electron chi connectivity index (χ0n) is 19.3. The minimum absolute atomic E-state index is 0.0570. The minimum atomic E-state index is -0.213. The van der Waals surface area contributed by atoms with Crippen LogP contribution in [0, 0.1) is 5.92 Å². The number of carbonyl (C=O) groups excluding carboxylic acids is 1. The maximum absolute atomic E-state index is 12.1. The lowest BCUT2D eigenvalue weighted by Gasteiger charge is -2.16. The van der Waals surface area contributed by atoms with Crippen molar-refractivity contribution in [2.45, 2.75) is 134 Å². The number of epoxide rings is 1. The van der Waals surface area contributed by atoms with Gasteiger partial charge in [-0.2, -0.15) is 0 Å². The molecule has 3 aliphatic rings. The van der Waals surface area contributed by atoms with Crippen LogP contribution < -0.4 is 0 Å². The summed E-state index contributed by atoms with van der Waals surface area (Å²) < 4.78 is 22.9. The van der Waals surface area contributed by atoms with Crippen molar-refractivity contribution in [1.29, 1.82) is 0 Å². The molecule has 0 N–H and O–H groups in total. The fraction of sp³-hybridized carbons (Fsp3) is 0.960. The topological polar surface area (TPSA) is 57.3 Å². The summed E-state index contributed by atoms with van der Waals surface area (Å²) in [4.78, 5) is 12.1. The molecule has 30 heavy (non-hydrogen) atoms. The summed E-state index contributed by atoms with van der Waals surface area (Å²) in [6.45, 7) is 5.58. The first kappa shape index (κ1) is 24.0. The minimum Gasteiger partial charge on any atom is -0.457 e. The van der Waals surface area contributed by atoms with Gasteiger partial charge >= 0.3 is 5.97 Å². The van der Waals surface area contributed by atoms with Gasteiger partial charge in [-0.15, -0.1) is 0 Å². The van der Waals surface area contributed by atoms with Gasteiger partial charge in [-0.3, -0.25) is 4.79 Å². The molecule has 0 radical (unpaired) electrons. The summed E-state index contributed by atoms with van der Waals surface area (Å²) >= 11 is 0. The van der Waals surface area contributed by atoms with Crippen molar-refractivity contribution in [2.75, 3.05) is 13.2 Å². The van der Waals surface area contributed by atoms with E-state index >= 15 is 0 Å². The van der Waals surface area contributed by atoms with Crippen LogP contribution in [0.15, 0.2) is 0 Å². The number of unbranched alkanes of at least 4 members (excludes halogenated alkanes) is 9. The molecule has 5 nitrogen and oxygen atoms in total. The summed E-state index contributed by atoms with van der Waals surface area (Å²) in [6.07, 6.45) is 17.8. The molecule has 0 aromatic carbocycles. The van der Waals surface area contributed by atoms with Gasteiger partial charge in [-0.05, 0) is 19.3 Å². The van der Waals surface area contributed by atoms with E-state index in [0.29, 0.717) is 37.8 Å². The third-order valence-corrected chi connectivity index (χ3v) is 6.94. The van der Waals surface area contributed by atoms with Crippen LogP contribution >= 0.6 is 0 Å². The monoisotopic (exact) mass is 424 g/mol. The molecular formula is C25H44O5. The third kappa shape index (κ3) is 7.80. The van der Waals surface area contributed by atoms with Crippen molar-refractivity contribution in [3.63, 3.8) is 0 Å². The SMILES string of the molecule is CCCCCCCCC1OC1CCCCCCCC(=O)OC1COC2C(C)COC12. The number of fused-ring (bicyclic) bond motifs is 1. The Hall–Kier alpha value is -0.650. The van der Waals surface area contributed by atoms with Crippen LogP contribution in [-0.2, 0) is 23.7 Å². The maximum atomic E-state index is 12.1. The van der Waals surface area contributed by atoms with Gasteiger partial charge in [0.05, 0.1) is 31.5 Å². The second-order valence-corrected chi connectivity index (χ2v) is 9.68. The molecule has 0 amide bonds. The molecule has 6 atom stereocenters. The number of hydrogen-bond acceptors (Lipinski definition) is 5. The fourth-order valence-electron chi connectivity index (χ4n) is 4.94. The van der Waals surface area contributed by atoms with Crippen molar-refractivity contribution in [3.05, 3.63) is 0 Å². The number of ether oxygens (including phenoxy) is 4. The fourth-order valence-corrected chi connectivity index (χ4v) is 4.94. The molecule has 174 valence electrons. The molecular weight excluding hydrogens is 380 g/mol. The first-order chi connectivity index (χ1) is 14.7. The van der Waals surface area contributed by atoms with E-state index in [1.807, 2.05) is 0 Å². The Morgan fingerprint density at radius 3 is 2.10 bits per heavy atom. The van der Waals surface area contributed by atoms with Crippen molar-refractivity contribution in [3.8, 4) is 0 Å². The van der Waals surface area contributed by atoms with E-state index in [1.165, 1.54) is 70.6 Å². The van der Waals surface area contributed by atoms with Gasteiger partial charge in [-0.25, -0.2) is 0 Å². The van der Waals surface area contributed by atoms with E-state index in [4.69, 9.17) is 18.9 Å². The Bertz CT molecular complexity index is 496. The lowest BCUT2D eigenvalue weighted by molar-refractivity contribution is -0.153. The molecule has 5 heteroatoms. The van der Waals surface area contributed by atoms with Gasteiger partial charge in [0.1, 0.15) is 6.10 Å². The number of carbonyl (C=O) groups is 1. The standard InChI is InChI=1S/C25H44O5/c1-3-4-5-6-8-11-14-20-21(29-20)15-12-9-7-10-13-16-23(26)30-22-18-28-24-19(2)17-27-25(22)24/h19-22,24-25H,3-18H2,1-2H3. The maximum Gasteiger partial charge on any atom is 0.306 e. The Morgan fingerprint density at radius 1 is 0.800 bits per heavy atom. The Labute approximate surface area is 183 Å².